The maximum atomic E-state index is 11.5. The Labute approximate surface area is 132 Å². The highest BCUT2D eigenvalue weighted by atomic mass is 35.5. The highest BCUT2D eigenvalue weighted by molar-refractivity contribution is 5.92. The molecule has 118 valence electrons. The largest absolute Gasteiger partial charge is 0.352 e. The number of halogens is 1. The quantitative estimate of drug-likeness (QED) is 0.751. The van der Waals surface area contributed by atoms with E-state index in [1.807, 2.05) is 38.1 Å². The zero-order valence-electron chi connectivity index (χ0n) is 12.7. The Kier molecular flexibility index (Phi) is 8.66. The molecule has 0 saturated carbocycles. The fraction of sp³-hybridized carbons (Fsp3) is 0.467. The average Bonchev–Trinajstić information content (AvgIpc) is 2.37. The number of hydrogen-bond acceptors (Lipinski definition) is 3. The molecular weight excluding hydrogens is 290 g/mol. The van der Waals surface area contributed by atoms with Crippen molar-refractivity contribution in [3.63, 3.8) is 0 Å². The van der Waals surface area contributed by atoms with Crippen molar-refractivity contribution in [1.82, 2.24) is 5.32 Å². The minimum absolute atomic E-state index is 0. The Hall–Kier alpha value is -1.59. The van der Waals surface area contributed by atoms with Crippen LogP contribution in [0.5, 0.6) is 0 Å². The summed E-state index contributed by atoms with van der Waals surface area (Å²) in [5.74, 6) is -0.118. The molecule has 1 rings (SSSR count). The van der Waals surface area contributed by atoms with E-state index in [9.17, 15) is 9.59 Å². The van der Waals surface area contributed by atoms with Gasteiger partial charge in [-0.2, -0.15) is 0 Å². The zero-order valence-corrected chi connectivity index (χ0v) is 13.5. The van der Waals surface area contributed by atoms with Crippen LogP contribution in [0.1, 0.15) is 32.8 Å². The van der Waals surface area contributed by atoms with Crippen molar-refractivity contribution in [1.29, 1.82) is 0 Å². The summed E-state index contributed by atoms with van der Waals surface area (Å²) in [6.07, 6.45) is 0.322. The number of carbonyl (C=O) groups is 2. The Morgan fingerprint density at radius 3 is 2.19 bits per heavy atom. The van der Waals surface area contributed by atoms with Crippen molar-refractivity contribution in [2.45, 2.75) is 39.8 Å². The molecule has 1 aromatic rings. The lowest BCUT2D eigenvalue weighted by atomic mass is 10.1. The van der Waals surface area contributed by atoms with Crippen LogP contribution < -0.4 is 16.4 Å². The SMILES string of the molecule is CC(N)CC(=O)NCc1ccc(NC(=O)C(C)C)cc1.Cl. The summed E-state index contributed by atoms with van der Waals surface area (Å²) in [6.45, 7) is 5.95. The van der Waals surface area contributed by atoms with Gasteiger partial charge in [-0.1, -0.05) is 26.0 Å². The average molecular weight is 314 g/mol. The van der Waals surface area contributed by atoms with Crippen molar-refractivity contribution in [2.24, 2.45) is 11.7 Å². The van der Waals surface area contributed by atoms with Gasteiger partial charge in [0.05, 0.1) is 0 Å². The van der Waals surface area contributed by atoms with Crippen molar-refractivity contribution in [3.05, 3.63) is 29.8 Å². The molecule has 1 atom stereocenters. The standard InChI is InChI=1S/C15H23N3O2.ClH/c1-10(2)15(20)18-13-6-4-12(5-7-13)9-17-14(19)8-11(3)16;/h4-7,10-11H,8-9,16H2,1-3H3,(H,17,19)(H,18,20);1H. The lowest BCUT2D eigenvalue weighted by Gasteiger charge is -2.10. The summed E-state index contributed by atoms with van der Waals surface area (Å²) in [4.78, 5) is 23.0. The molecule has 0 aliphatic heterocycles. The number of nitrogens with one attached hydrogen (secondary N) is 2. The topological polar surface area (TPSA) is 84.2 Å². The van der Waals surface area contributed by atoms with Crippen LogP contribution in [-0.2, 0) is 16.1 Å². The number of amides is 2. The minimum atomic E-state index is -0.136. The van der Waals surface area contributed by atoms with Gasteiger partial charge < -0.3 is 16.4 Å². The van der Waals surface area contributed by atoms with Crippen LogP contribution in [0.15, 0.2) is 24.3 Å². The molecule has 21 heavy (non-hydrogen) atoms. The molecule has 6 heteroatoms. The molecule has 5 nitrogen and oxygen atoms in total. The number of benzene rings is 1. The molecule has 0 heterocycles. The lowest BCUT2D eigenvalue weighted by molar-refractivity contribution is -0.121. The molecular formula is C15H24ClN3O2. The molecule has 0 bridgehead atoms. The second kappa shape index (κ2) is 9.37. The number of hydrogen-bond donors (Lipinski definition) is 3. The van der Waals surface area contributed by atoms with E-state index in [-0.39, 0.29) is 36.2 Å². The first-order valence-electron chi connectivity index (χ1n) is 6.80. The summed E-state index contributed by atoms with van der Waals surface area (Å²) in [5, 5.41) is 5.62. The Bertz CT molecular complexity index is 458. The third kappa shape index (κ3) is 7.68. The summed E-state index contributed by atoms with van der Waals surface area (Å²) >= 11 is 0. The third-order valence-electron chi connectivity index (χ3n) is 2.74. The van der Waals surface area contributed by atoms with Crippen LogP contribution in [0, 0.1) is 5.92 Å². The van der Waals surface area contributed by atoms with E-state index in [1.54, 1.807) is 6.92 Å². The van der Waals surface area contributed by atoms with Gasteiger partial charge in [-0.15, -0.1) is 12.4 Å². The van der Waals surface area contributed by atoms with Crippen LogP contribution in [-0.4, -0.2) is 17.9 Å². The zero-order chi connectivity index (χ0) is 15.1. The Morgan fingerprint density at radius 2 is 1.71 bits per heavy atom. The summed E-state index contributed by atoms with van der Waals surface area (Å²) in [5.41, 5.74) is 7.29. The fourth-order valence-corrected chi connectivity index (χ4v) is 1.56. The first-order valence-corrected chi connectivity index (χ1v) is 6.80. The minimum Gasteiger partial charge on any atom is -0.352 e. The Morgan fingerprint density at radius 1 is 1.14 bits per heavy atom. The molecule has 0 aliphatic rings. The van der Waals surface area contributed by atoms with E-state index >= 15 is 0 Å². The van der Waals surface area contributed by atoms with Gasteiger partial charge >= 0.3 is 0 Å². The second-order valence-electron chi connectivity index (χ2n) is 5.30. The van der Waals surface area contributed by atoms with Crippen molar-refractivity contribution >= 4 is 29.9 Å². The highest BCUT2D eigenvalue weighted by Crippen LogP contribution is 2.11. The van der Waals surface area contributed by atoms with Gasteiger partial charge in [0.2, 0.25) is 11.8 Å². The monoisotopic (exact) mass is 313 g/mol. The molecule has 0 spiro atoms. The number of anilines is 1. The van der Waals surface area contributed by atoms with Crippen LogP contribution >= 0.6 is 12.4 Å². The smallest absolute Gasteiger partial charge is 0.226 e. The van der Waals surface area contributed by atoms with Crippen LogP contribution in [0.2, 0.25) is 0 Å². The molecule has 4 N–H and O–H groups in total. The number of rotatable bonds is 6. The van der Waals surface area contributed by atoms with E-state index in [1.165, 1.54) is 0 Å². The van der Waals surface area contributed by atoms with Gasteiger partial charge in [0.25, 0.3) is 0 Å². The third-order valence-corrected chi connectivity index (χ3v) is 2.74. The summed E-state index contributed by atoms with van der Waals surface area (Å²) < 4.78 is 0. The van der Waals surface area contributed by atoms with E-state index in [0.29, 0.717) is 13.0 Å². The summed E-state index contributed by atoms with van der Waals surface area (Å²) in [6, 6.07) is 7.27. The second-order valence-corrected chi connectivity index (χ2v) is 5.30. The first-order chi connectivity index (χ1) is 9.38. The lowest BCUT2D eigenvalue weighted by Crippen LogP contribution is -2.29. The highest BCUT2D eigenvalue weighted by Gasteiger charge is 2.07. The number of nitrogens with two attached hydrogens (primary N) is 1. The van der Waals surface area contributed by atoms with Gasteiger partial charge in [0.15, 0.2) is 0 Å². The van der Waals surface area contributed by atoms with Crippen molar-refractivity contribution in [2.75, 3.05) is 5.32 Å². The molecule has 0 aliphatic carbocycles. The van der Waals surface area contributed by atoms with E-state index in [4.69, 9.17) is 5.73 Å². The van der Waals surface area contributed by atoms with E-state index in [0.717, 1.165) is 11.3 Å². The van der Waals surface area contributed by atoms with Gasteiger partial charge in [-0.25, -0.2) is 0 Å². The predicted molar refractivity (Wildman–Crippen MR) is 87.3 cm³/mol. The van der Waals surface area contributed by atoms with E-state index in [2.05, 4.69) is 10.6 Å². The van der Waals surface area contributed by atoms with E-state index < -0.39 is 0 Å². The normalized spacial score (nSPS) is 11.5. The van der Waals surface area contributed by atoms with Crippen LogP contribution in [0.25, 0.3) is 0 Å². The van der Waals surface area contributed by atoms with Crippen LogP contribution in [0.3, 0.4) is 0 Å². The van der Waals surface area contributed by atoms with Gasteiger partial charge in [0, 0.05) is 30.6 Å². The van der Waals surface area contributed by atoms with Crippen molar-refractivity contribution in [3.8, 4) is 0 Å². The van der Waals surface area contributed by atoms with Crippen LogP contribution in [0.4, 0.5) is 5.69 Å². The fourth-order valence-electron chi connectivity index (χ4n) is 1.56. The molecule has 1 aromatic carbocycles. The van der Waals surface area contributed by atoms with Gasteiger partial charge in [-0.3, -0.25) is 9.59 Å². The number of carbonyl (C=O) groups excluding carboxylic acids is 2. The molecule has 1 unspecified atom stereocenters. The molecule has 0 saturated heterocycles. The maximum Gasteiger partial charge on any atom is 0.226 e. The maximum absolute atomic E-state index is 11.5. The summed E-state index contributed by atoms with van der Waals surface area (Å²) in [7, 11) is 0. The Balaban J connectivity index is 0.00000400. The molecule has 0 aromatic heterocycles. The molecule has 0 fully saturated rings. The van der Waals surface area contributed by atoms with Gasteiger partial charge in [0.1, 0.15) is 0 Å². The molecule has 0 radical (unpaired) electrons. The van der Waals surface area contributed by atoms with Gasteiger partial charge in [-0.05, 0) is 24.6 Å². The first kappa shape index (κ1) is 19.4. The predicted octanol–water partition coefficient (Wildman–Crippen LogP) is 2.06. The van der Waals surface area contributed by atoms with Crippen molar-refractivity contribution < 1.29 is 9.59 Å². The molecule has 2 amide bonds.